The van der Waals surface area contributed by atoms with Gasteiger partial charge in [-0.1, -0.05) is 60.7 Å². The van der Waals surface area contributed by atoms with Crippen LogP contribution in [0.2, 0.25) is 0 Å². The maximum atomic E-state index is 12.4. The van der Waals surface area contributed by atoms with Crippen LogP contribution < -0.4 is 10.6 Å². The number of rotatable bonds is 13. The summed E-state index contributed by atoms with van der Waals surface area (Å²) in [5, 5.41) is 28.9. The summed E-state index contributed by atoms with van der Waals surface area (Å²) in [6.07, 6.45) is -1.80. The normalized spacial score (nSPS) is 15.3. The van der Waals surface area contributed by atoms with E-state index in [9.17, 15) is 19.8 Å². The molecule has 2 aromatic carbocycles. The van der Waals surface area contributed by atoms with Crippen LogP contribution in [0.25, 0.3) is 0 Å². The second-order valence-electron chi connectivity index (χ2n) is 11.5. The van der Waals surface area contributed by atoms with Crippen molar-refractivity contribution in [1.82, 2.24) is 10.6 Å². The molecule has 0 amide bonds. The Morgan fingerprint density at radius 2 is 0.974 bits per heavy atom. The summed E-state index contributed by atoms with van der Waals surface area (Å²) in [6.45, 7) is 10.5. The summed E-state index contributed by atoms with van der Waals surface area (Å²) >= 11 is 0. The average molecular weight is 529 g/mol. The molecule has 0 bridgehead atoms. The summed E-state index contributed by atoms with van der Waals surface area (Å²) in [7, 11) is 0. The minimum atomic E-state index is -1.27. The lowest BCUT2D eigenvalue weighted by Gasteiger charge is -2.33. The lowest BCUT2D eigenvalue weighted by atomic mass is 9.91. The first-order valence-corrected chi connectivity index (χ1v) is 13.1. The van der Waals surface area contributed by atoms with E-state index in [1.54, 1.807) is 41.5 Å². The number of ether oxygens (including phenoxy) is 2. The lowest BCUT2D eigenvalue weighted by molar-refractivity contribution is -0.155. The van der Waals surface area contributed by atoms with Gasteiger partial charge in [0, 0.05) is 12.1 Å². The fourth-order valence-electron chi connectivity index (χ4n) is 4.02. The molecule has 4 atom stereocenters. The molecule has 0 spiro atoms. The van der Waals surface area contributed by atoms with Gasteiger partial charge in [-0.15, -0.1) is 0 Å². The fourth-order valence-corrected chi connectivity index (χ4v) is 4.02. The smallest absolute Gasteiger partial charge is 0.320 e. The second kappa shape index (κ2) is 14.4. The van der Waals surface area contributed by atoms with E-state index in [1.807, 2.05) is 60.7 Å². The Bertz CT molecular complexity index is 904. The minimum Gasteiger partial charge on any atom is -0.459 e. The number of aliphatic hydroxyl groups excluding tert-OH is 2. The van der Waals surface area contributed by atoms with Crippen molar-refractivity contribution in [1.29, 1.82) is 0 Å². The van der Waals surface area contributed by atoms with Gasteiger partial charge in [-0.2, -0.15) is 0 Å². The monoisotopic (exact) mass is 528 g/mol. The van der Waals surface area contributed by atoms with Crippen molar-refractivity contribution >= 4 is 11.9 Å². The van der Waals surface area contributed by atoms with Gasteiger partial charge in [0.15, 0.2) is 0 Å². The highest BCUT2D eigenvalue weighted by Crippen LogP contribution is 2.16. The standard InChI is InChI=1S/C30H44N2O6/c1-29(2,3)37-25(33)19-31-23(17-21-13-9-7-10-14-21)27(35)28(36)24(18-22-15-11-8-12-16-22)32-20-26(34)38-30(4,5)6/h7-16,23-24,27-28,31-32,35-36H,17-20H2,1-6H3/t23-,24-,27+,28+/m0/s1. The molecule has 4 N–H and O–H groups in total. The SMILES string of the molecule is CC(C)(C)OC(=O)CN[C@@H](Cc1ccccc1)[C@@H](O)[C@H](O)[C@H](Cc1ccccc1)NCC(=O)OC(C)(C)C. The number of aliphatic hydroxyl groups is 2. The molecule has 0 aliphatic heterocycles. The van der Waals surface area contributed by atoms with Crippen LogP contribution in [0.15, 0.2) is 60.7 Å². The highest BCUT2D eigenvalue weighted by Gasteiger charge is 2.33. The van der Waals surface area contributed by atoms with Crippen LogP contribution in [-0.2, 0) is 31.9 Å². The van der Waals surface area contributed by atoms with E-state index < -0.39 is 47.4 Å². The third-order valence-corrected chi connectivity index (χ3v) is 5.63. The summed E-state index contributed by atoms with van der Waals surface area (Å²) < 4.78 is 10.8. The summed E-state index contributed by atoms with van der Waals surface area (Å²) in [5.74, 6) is -0.915. The molecule has 0 saturated heterocycles. The maximum Gasteiger partial charge on any atom is 0.320 e. The molecule has 0 heterocycles. The Kier molecular flexibility index (Phi) is 11.9. The van der Waals surface area contributed by atoms with Crippen LogP contribution in [0.3, 0.4) is 0 Å². The van der Waals surface area contributed by atoms with Crippen molar-refractivity contribution in [3.05, 3.63) is 71.8 Å². The molecule has 0 aliphatic carbocycles. The van der Waals surface area contributed by atoms with Crippen LogP contribution >= 0.6 is 0 Å². The van der Waals surface area contributed by atoms with Gasteiger partial charge in [-0.3, -0.25) is 9.59 Å². The van der Waals surface area contributed by atoms with E-state index in [0.717, 1.165) is 11.1 Å². The number of esters is 2. The predicted octanol–water partition coefficient (Wildman–Crippen LogP) is 2.79. The van der Waals surface area contributed by atoms with Gasteiger partial charge in [-0.25, -0.2) is 0 Å². The Hall–Kier alpha value is -2.78. The first-order chi connectivity index (χ1) is 17.7. The predicted molar refractivity (Wildman–Crippen MR) is 148 cm³/mol. The van der Waals surface area contributed by atoms with Gasteiger partial charge >= 0.3 is 11.9 Å². The molecule has 0 aromatic heterocycles. The minimum absolute atomic E-state index is 0.132. The molecule has 0 saturated carbocycles. The zero-order chi connectivity index (χ0) is 28.3. The number of nitrogens with one attached hydrogen (secondary N) is 2. The second-order valence-corrected chi connectivity index (χ2v) is 11.5. The summed E-state index contributed by atoms with van der Waals surface area (Å²) in [6, 6.07) is 17.7. The fraction of sp³-hybridized carbons (Fsp3) is 0.533. The number of hydrogen-bond acceptors (Lipinski definition) is 8. The zero-order valence-electron chi connectivity index (χ0n) is 23.4. The molecule has 0 unspecified atom stereocenters. The third kappa shape index (κ3) is 12.2. The molecule has 8 nitrogen and oxygen atoms in total. The quantitative estimate of drug-likeness (QED) is 0.293. The Labute approximate surface area is 226 Å². The molecule has 0 fully saturated rings. The van der Waals surface area contributed by atoms with Gasteiger partial charge in [0.1, 0.15) is 11.2 Å². The largest absolute Gasteiger partial charge is 0.459 e. The lowest BCUT2D eigenvalue weighted by Crippen LogP contribution is -2.57. The van der Waals surface area contributed by atoms with E-state index in [4.69, 9.17) is 9.47 Å². The van der Waals surface area contributed by atoms with E-state index in [0.29, 0.717) is 12.8 Å². The van der Waals surface area contributed by atoms with E-state index in [-0.39, 0.29) is 13.1 Å². The van der Waals surface area contributed by atoms with Gasteiger partial charge < -0.3 is 30.3 Å². The first-order valence-electron chi connectivity index (χ1n) is 13.1. The van der Waals surface area contributed by atoms with Crippen molar-refractivity contribution < 1.29 is 29.3 Å². The molecule has 2 rings (SSSR count). The highest BCUT2D eigenvalue weighted by atomic mass is 16.6. The van der Waals surface area contributed by atoms with E-state index in [1.165, 1.54) is 0 Å². The van der Waals surface area contributed by atoms with E-state index in [2.05, 4.69) is 10.6 Å². The molecular weight excluding hydrogens is 484 g/mol. The van der Waals surface area contributed by atoms with Crippen molar-refractivity contribution in [3.63, 3.8) is 0 Å². The van der Waals surface area contributed by atoms with Crippen LogP contribution in [-0.4, -0.2) is 70.7 Å². The van der Waals surface area contributed by atoms with Gasteiger partial charge in [-0.05, 0) is 65.5 Å². The molecule has 38 heavy (non-hydrogen) atoms. The van der Waals surface area contributed by atoms with Gasteiger partial charge in [0.25, 0.3) is 0 Å². The van der Waals surface area contributed by atoms with E-state index >= 15 is 0 Å². The van der Waals surface area contributed by atoms with Crippen LogP contribution in [0, 0.1) is 0 Å². The number of hydrogen-bond donors (Lipinski definition) is 4. The first kappa shape index (κ1) is 31.4. The zero-order valence-corrected chi connectivity index (χ0v) is 23.4. The Morgan fingerprint density at radius 1 is 0.658 bits per heavy atom. The molecule has 0 radical (unpaired) electrons. The summed E-state index contributed by atoms with van der Waals surface area (Å²) in [5.41, 5.74) is 0.583. The van der Waals surface area contributed by atoms with Crippen LogP contribution in [0.5, 0.6) is 0 Å². The van der Waals surface area contributed by atoms with Crippen LogP contribution in [0.4, 0.5) is 0 Å². The van der Waals surface area contributed by atoms with Gasteiger partial charge in [0.2, 0.25) is 0 Å². The Balaban J connectivity index is 2.21. The highest BCUT2D eigenvalue weighted by molar-refractivity contribution is 5.72. The molecular formula is C30H44N2O6. The van der Waals surface area contributed by atoms with Crippen molar-refractivity contribution in [2.75, 3.05) is 13.1 Å². The van der Waals surface area contributed by atoms with Crippen LogP contribution in [0.1, 0.15) is 52.7 Å². The topological polar surface area (TPSA) is 117 Å². The number of benzene rings is 2. The van der Waals surface area contributed by atoms with Crippen molar-refractivity contribution in [3.8, 4) is 0 Å². The third-order valence-electron chi connectivity index (χ3n) is 5.63. The maximum absolute atomic E-state index is 12.4. The molecule has 210 valence electrons. The number of carbonyl (C=O) groups excluding carboxylic acids is 2. The average Bonchev–Trinajstić information content (AvgIpc) is 2.82. The number of carbonyl (C=O) groups is 2. The molecule has 8 heteroatoms. The Morgan fingerprint density at radius 3 is 1.26 bits per heavy atom. The molecule has 2 aromatic rings. The van der Waals surface area contributed by atoms with Crippen molar-refractivity contribution in [2.45, 2.75) is 89.9 Å². The summed E-state index contributed by atoms with van der Waals surface area (Å²) in [4.78, 5) is 24.8. The molecule has 0 aliphatic rings. The van der Waals surface area contributed by atoms with Gasteiger partial charge in [0.05, 0.1) is 25.3 Å². The van der Waals surface area contributed by atoms with Crippen molar-refractivity contribution in [2.24, 2.45) is 0 Å².